The Morgan fingerprint density at radius 3 is 2.86 bits per heavy atom. The van der Waals surface area contributed by atoms with E-state index in [1.54, 1.807) is 34.1 Å². The number of carbonyl (C=O) groups excluding carboxylic acids is 1. The summed E-state index contributed by atoms with van der Waals surface area (Å²) < 4.78 is 1.76. The Balaban J connectivity index is 1.47. The number of thiophene rings is 1. The van der Waals surface area contributed by atoms with Crippen LogP contribution >= 0.6 is 23.1 Å². The highest BCUT2D eigenvalue weighted by Crippen LogP contribution is 2.29. The molecule has 1 aliphatic heterocycles. The van der Waals surface area contributed by atoms with Gasteiger partial charge < -0.3 is 5.32 Å². The molecule has 1 fully saturated rings. The number of likely N-dealkylation sites (tertiary alicyclic amines) is 1. The number of tetrazole rings is 1. The first-order chi connectivity index (χ1) is 13.7. The number of aromatic nitrogens is 4. The van der Waals surface area contributed by atoms with E-state index in [1.807, 2.05) is 17.5 Å². The summed E-state index contributed by atoms with van der Waals surface area (Å²) in [6.07, 6.45) is 4.40. The minimum Gasteiger partial charge on any atom is -0.350 e. The van der Waals surface area contributed by atoms with Crippen molar-refractivity contribution in [1.29, 1.82) is 0 Å². The second-order valence-electron chi connectivity index (χ2n) is 6.77. The van der Waals surface area contributed by atoms with Crippen LogP contribution in [0.2, 0.25) is 0 Å². The van der Waals surface area contributed by atoms with Crippen LogP contribution in [0, 0.1) is 0 Å². The monoisotopic (exact) mass is 414 g/mol. The summed E-state index contributed by atoms with van der Waals surface area (Å²) >= 11 is 3.38. The summed E-state index contributed by atoms with van der Waals surface area (Å²) in [5.41, 5.74) is 1.20. The van der Waals surface area contributed by atoms with Gasteiger partial charge in [0, 0.05) is 22.9 Å². The molecule has 2 atom stereocenters. The minimum atomic E-state index is -0.200. The summed E-state index contributed by atoms with van der Waals surface area (Å²) in [6, 6.07) is 12.5. The topological polar surface area (TPSA) is 75.9 Å². The molecule has 3 heterocycles. The molecule has 1 aliphatic rings. The van der Waals surface area contributed by atoms with E-state index in [4.69, 9.17) is 0 Å². The number of nitrogens with zero attached hydrogens (tertiary/aromatic N) is 5. The minimum absolute atomic E-state index is 0.0599. The maximum Gasteiger partial charge on any atom is 0.237 e. The van der Waals surface area contributed by atoms with E-state index in [1.165, 1.54) is 10.5 Å². The number of rotatable bonds is 7. The quantitative estimate of drug-likeness (QED) is 0.599. The lowest BCUT2D eigenvalue weighted by Gasteiger charge is -2.23. The maximum atomic E-state index is 12.9. The van der Waals surface area contributed by atoms with Crippen molar-refractivity contribution in [2.45, 2.75) is 36.5 Å². The summed E-state index contributed by atoms with van der Waals surface area (Å²) in [5, 5.41) is 16.6. The highest BCUT2D eigenvalue weighted by molar-refractivity contribution is 7.98. The molecule has 1 aromatic carbocycles. The molecule has 146 valence electrons. The first-order valence-electron chi connectivity index (χ1n) is 9.12. The number of nitrogens with one attached hydrogen (secondary N) is 1. The standard InChI is InChI=1S/C19H22N6OS2/c1-27-16-6-4-14(5-7-16)11-24-12-15(25-13-21-22-23-25)9-18(24)19(26)20-10-17-3-2-8-28-17/h2-8,13,15,18H,9-12H2,1H3,(H,20,26)/t15-,18-/m0/s1. The van der Waals surface area contributed by atoms with Crippen molar-refractivity contribution in [3.05, 3.63) is 58.5 Å². The molecule has 0 aliphatic carbocycles. The van der Waals surface area contributed by atoms with Crippen LogP contribution in [0.4, 0.5) is 0 Å². The van der Waals surface area contributed by atoms with Crippen molar-refractivity contribution < 1.29 is 4.79 Å². The zero-order valence-corrected chi connectivity index (χ0v) is 17.2. The molecule has 0 unspecified atom stereocenters. The molecule has 2 aromatic heterocycles. The maximum absolute atomic E-state index is 12.9. The summed E-state index contributed by atoms with van der Waals surface area (Å²) in [4.78, 5) is 17.6. The van der Waals surface area contributed by atoms with Gasteiger partial charge in [0.05, 0.1) is 18.6 Å². The average Bonchev–Trinajstić information content (AvgIpc) is 3.48. The van der Waals surface area contributed by atoms with E-state index >= 15 is 0 Å². The smallest absolute Gasteiger partial charge is 0.237 e. The van der Waals surface area contributed by atoms with Crippen molar-refractivity contribution in [3.63, 3.8) is 0 Å². The fraction of sp³-hybridized carbons (Fsp3) is 0.368. The van der Waals surface area contributed by atoms with E-state index in [2.05, 4.69) is 56.3 Å². The lowest BCUT2D eigenvalue weighted by molar-refractivity contribution is -0.125. The molecule has 0 spiro atoms. The Bertz CT molecular complexity index is 882. The number of amides is 1. The first kappa shape index (κ1) is 19.1. The SMILES string of the molecule is CSc1ccc(CN2C[C@@H](n3cnnn3)C[C@H]2C(=O)NCc2cccs2)cc1. The summed E-state index contributed by atoms with van der Waals surface area (Å²) in [5.74, 6) is 0.0599. The van der Waals surface area contributed by atoms with Gasteiger partial charge in [0.1, 0.15) is 6.33 Å². The van der Waals surface area contributed by atoms with Crippen LogP contribution in [0.3, 0.4) is 0 Å². The number of hydrogen-bond donors (Lipinski definition) is 1. The van der Waals surface area contributed by atoms with E-state index in [0.717, 1.165) is 18.0 Å². The molecular formula is C19H22N6OS2. The van der Waals surface area contributed by atoms with Gasteiger partial charge in [-0.05, 0) is 52.2 Å². The zero-order valence-electron chi connectivity index (χ0n) is 15.6. The van der Waals surface area contributed by atoms with Crippen LogP contribution in [0.5, 0.6) is 0 Å². The van der Waals surface area contributed by atoms with Gasteiger partial charge in [-0.15, -0.1) is 28.2 Å². The third-order valence-corrected chi connectivity index (χ3v) is 6.60. The van der Waals surface area contributed by atoms with Gasteiger partial charge in [-0.3, -0.25) is 9.69 Å². The molecular weight excluding hydrogens is 392 g/mol. The van der Waals surface area contributed by atoms with E-state index in [-0.39, 0.29) is 18.0 Å². The van der Waals surface area contributed by atoms with Crippen LogP contribution in [-0.4, -0.2) is 49.9 Å². The van der Waals surface area contributed by atoms with Crippen molar-refractivity contribution in [1.82, 2.24) is 30.4 Å². The predicted octanol–water partition coefficient (Wildman–Crippen LogP) is 2.59. The Hall–Kier alpha value is -2.23. The van der Waals surface area contributed by atoms with Gasteiger partial charge in [0.25, 0.3) is 0 Å². The molecule has 7 nitrogen and oxygen atoms in total. The molecule has 4 rings (SSSR count). The van der Waals surface area contributed by atoms with Gasteiger partial charge in [0.15, 0.2) is 0 Å². The summed E-state index contributed by atoms with van der Waals surface area (Å²) in [6.45, 7) is 2.04. The van der Waals surface area contributed by atoms with Crippen molar-refractivity contribution in [2.75, 3.05) is 12.8 Å². The number of benzene rings is 1. The van der Waals surface area contributed by atoms with Crippen molar-refractivity contribution >= 4 is 29.0 Å². The highest BCUT2D eigenvalue weighted by atomic mass is 32.2. The van der Waals surface area contributed by atoms with E-state index < -0.39 is 0 Å². The molecule has 9 heteroatoms. The number of thioether (sulfide) groups is 1. The van der Waals surface area contributed by atoms with Gasteiger partial charge in [-0.2, -0.15) is 0 Å². The van der Waals surface area contributed by atoms with Crippen LogP contribution in [0.25, 0.3) is 0 Å². The zero-order chi connectivity index (χ0) is 19.3. The highest BCUT2D eigenvalue weighted by Gasteiger charge is 2.38. The molecule has 0 bridgehead atoms. The predicted molar refractivity (Wildman–Crippen MR) is 110 cm³/mol. The third kappa shape index (κ3) is 4.43. The van der Waals surface area contributed by atoms with Gasteiger partial charge in [0.2, 0.25) is 5.91 Å². The van der Waals surface area contributed by atoms with E-state index in [0.29, 0.717) is 13.0 Å². The average molecular weight is 415 g/mol. The Morgan fingerprint density at radius 1 is 1.32 bits per heavy atom. The second-order valence-corrected chi connectivity index (χ2v) is 8.68. The number of carbonyl (C=O) groups is 1. The lowest BCUT2D eigenvalue weighted by atomic mass is 10.1. The van der Waals surface area contributed by atoms with Crippen molar-refractivity contribution in [2.24, 2.45) is 0 Å². The largest absolute Gasteiger partial charge is 0.350 e. The fourth-order valence-corrected chi connectivity index (χ4v) is 4.58. The Labute approximate surface area is 172 Å². The first-order valence-corrected chi connectivity index (χ1v) is 11.2. The van der Waals surface area contributed by atoms with Gasteiger partial charge in [-0.25, -0.2) is 4.68 Å². The Morgan fingerprint density at radius 2 is 2.18 bits per heavy atom. The summed E-state index contributed by atoms with van der Waals surface area (Å²) in [7, 11) is 0. The van der Waals surface area contributed by atoms with Gasteiger partial charge >= 0.3 is 0 Å². The normalized spacial score (nSPS) is 19.8. The van der Waals surface area contributed by atoms with Crippen LogP contribution in [0.1, 0.15) is 22.9 Å². The van der Waals surface area contributed by atoms with Crippen LogP contribution in [0.15, 0.2) is 53.0 Å². The molecule has 1 amide bonds. The molecule has 0 saturated carbocycles. The van der Waals surface area contributed by atoms with Crippen LogP contribution in [-0.2, 0) is 17.9 Å². The molecule has 0 radical (unpaired) electrons. The number of hydrogen-bond acceptors (Lipinski definition) is 7. The third-order valence-electron chi connectivity index (χ3n) is 4.98. The lowest BCUT2D eigenvalue weighted by Crippen LogP contribution is -2.42. The molecule has 28 heavy (non-hydrogen) atoms. The molecule has 1 N–H and O–H groups in total. The fourth-order valence-electron chi connectivity index (χ4n) is 3.52. The Kier molecular flexibility index (Phi) is 6.04. The van der Waals surface area contributed by atoms with Crippen LogP contribution < -0.4 is 5.32 Å². The van der Waals surface area contributed by atoms with Gasteiger partial charge in [-0.1, -0.05) is 18.2 Å². The molecule has 1 saturated heterocycles. The molecule has 3 aromatic rings. The second kappa shape index (κ2) is 8.85. The van der Waals surface area contributed by atoms with Crippen molar-refractivity contribution in [3.8, 4) is 0 Å². The van der Waals surface area contributed by atoms with E-state index in [9.17, 15) is 4.79 Å².